The van der Waals surface area contributed by atoms with Crippen LogP contribution in [0.3, 0.4) is 0 Å². The maximum Gasteiger partial charge on any atom is 0.261 e. The number of hydrogen-bond acceptors (Lipinski definition) is 4. The zero-order valence-corrected chi connectivity index (χ0v) is 15.0. The second-order valence-corrected chi connectivity index (χ2v) is 7.75. The number of nitrogens with zero attached hydrogens (tertiary/aromatic N) is 1. The van der Waals surface area contributed by atoms with E-state index in [9.17, 15) is 9.18 Å². The highest BCUT2D eigenvalue weighted by Gasteiger charge is 2.33. The van der Waals surface area contributed by atoms with E-state index in [2.05, 4.69) is 17.5 Å². The van der Waals surface area contributed by atoms with Gasteiger partial charge in [0.25, 0.3) is 5.91 Å². The minimum atomic E-state index is -0.455. The number of halogens is 1. The number of thiophene rings is 2. The van der Waals surface area contributed by atoms with E-state index in [0.717, 1.165) is 11.3 Å². The van der Waals surface area contributed by atoms with E-state index in [-0.39, 0.29) is 24.3 Å². The molecular formula is C19H16FNO2S2. The predicted molar refractivity (Wildman–Crippen MR) is 97.8 cm³/mol. The van der Waals surface area contributed by atoms with Gasteiger partial charge in [-0.2, -0.15) is 0 Å². The van der Waals surface area contributed by atoms with Crippen molar-refractivity contribution < 1.29 is 13.9 Å². The van der Waals surface area contributed by atoms with Crippen molar-refractivity contribution in [3.8, 4) is 5.75 Å². The van der Waals surface area contributed by atoms with Crippen molar-refractivity contribution in [3.63, 3.8) is 0 Å². The van der Waals surface area contributed by atoms with Gasteiger partial charge < -0.3 is 9.64 Å². The summed E-state index contributed by atoms with van der Waals surface area (Å²) in [5.41, 5.74) is 1.19. The average Bonchev–Trinajstić information content (AvgIpc) is 3.31. The molecule has 0 saturated carbocycles. The van der Waals surface area contributed by atoms with Crippen LogP contribution in [0.25, 0.3) is 0 Å². The summed E-state index contributed by atoms with van der Waals surface area (Å²) in [6.45, 7) is 0.484. The summed E-state index contributed by atoms with van der Waals surface area (Å²) in [6, 6.07) is 12.2. The number of fused-ring (bicyclic) bond motifs is 1. The standard InChI is InChI=1S/C19H16FNO2S2/c20-14-4-1-2-5-15(14)23-12-18(22)21-9-7-16-13(8-11-25-16)19(21)17-6-3-10-24-17/h1-6,8,10-11,19H,7,9,12H2/t19-/m0/s1. The van der Waals surface area contributed by atoms with Crippen LogP contribution >= 0.6 is 22.7 Å². The first-order valence-corrected chi connectivity index (χ1v) is 9.76. The van der Waals surface area contributed by atoms with Crippen LogP contribution in [0.2, 0.25) is 0 Å². The molecule has 0 N–H and O–H groups in total. The lowest BCUT2D eigenvalue weighted by Gasteiger charge is -2.35. The van der Waals surface area contributed by atoms with Crippen LogP contribution in [0.4, 0.5) is 4.39 Å². The fraction of sp³-hybridized carbons (Fsp3) is 0.211. The number of rotatable bonds is 4. The zero-order chi connectivity index (χ0) is 17.2. The van der Waals surface area contributed by atoms with Gasteiger partial charge in [-0.25, -0.2) is 4.39 Å². The molecule has 0 unspecified atom stereocenters. The lowest BCUT2D eigenvalue weighted by Crippen LogP contribution is -2.42. The van der Waals surface area contributed by atoms with Crippen LogP contribution in [0.1, 0.15) is 21.4 Å². The van der Waals surface area contributed by atoms with Crippen molar-refractivity contribution >= 4 is 28.6 Å². The molecule has 0 saturated heterocycles. The minimum absolute atomic E-state index is 0.0771. The molecule has 1 aliphatic heterocycles. The molecule has 0 spiro atoms. The van der Waals surface area contributed by atoms with Gasteiger partial charge in [0.15, 0.2) is 18.2 Å². The number of hydrogen-bond donors (Lipinski definition) is 0. The van der Waals surface area contributed by atoms with E-state index in [1.165, 1.54) is 22.6 Å². The summed E-state index contributed by atoms with van der Waals surface area (Å²) in [4.78, 5) is 17.1. The van der Waals surface area contributed by atoms with Gasteiger partial charge in [0.05, 0.1) is 6.04 Å². The van der Waals surface area contributed by atoms with Gasteiger partial charge in [-0.15, -0.1) is 22.7 Å². The van der Waals surface area contributed by atoms with Crippen molar-refractivity contribution in [2.45, 2.75) is 12.5 Å². The van der Waals surface area contributed by atoms with Gasteiger partial charge in [-0.1, -0.05) is 18.2 Å². The second-order valence-electron chi connectivity index (χ2n) is 5.77. The van der Waals surface area contributed by atoms with Crippen molar-refractivity contribution in [2.24, 2.45) is 0 Å². The summed E-state index contributed by atoms with van der Waals surface area (Å²) in [5.74, 6) is -0.473. The van der Waals surface area contributed by atoms with E-state index in [0.29, 0.717) is 6.54 Å². The Balaban J connectivity index is 1.56. The van der Waals surface area contributed by atoms with E-state index in [4.69, 9.17) is 4.74 Å². The number of amides is 1. The first-order chi connectivity index (χ1) is 12.2. The molecule has 0 bridgehead atoms. The molecule has 128 valence electrons. The van der Waals surface area contributed by atoms with Crippen LogP contribution in [-0.2, 0) is 11.2 Å². The molecule has 0 fully saturated rings. The van der Waals surface area contributed by atoms with Gasteiger partial charge >= 0.3 is 0 Å². The Morgan fingerprint density at radius 2 is 2.04 bits per heavy atom. The lowest BCUT2D eigenvalue weighted by atomic mass is 9.98. The molecule has 1 aromatic carbocycles. The molecule has 3 nitrogen and oxygen atoms in total. The Hall–Kier alpha value is -2.18. The first kappa shape index (κ1) is 16.3. The molecule has 1 atom stereocenters. The number of ether oxygens (including phenoxy) is 1. The zero-order valence-electron chi connectivity index (χ0n) is 13.4. The molecule has 25 heavy (non-hydrogen) atoms. The average molecular weight is 373 g/mol. The Labute approximate surface area is 153 Å². The summed E-state index contributed by atoms with van der Waals surface area (Å²) in [6.07, 6.45) is 0.848. The van der Waals surface area contributed by atoms with Crippen LogP contribution in [-0.4, -0.2) is 24.0 Å². The minimum Gasteiger partial charge on any atom is -0.481 e. The molecule has 4 rings (SSSR count). The van der Waals surface area contributed by atoms with E-state index in [1.807, 2.05) is 16.3 Å². The van der Waals surface area contributed by atoms with Crippen molar-refractivity contribution in [2.75, 3.05) is 13.2 Å². The number of carbonyl (C=O) groups is 1. The lowest BCUT2D eigenvalue weighted by molar-refractivity contribution is -0.135. The number of benzene rings is 1. The maximum absolute atomic E-state index is 13.7. The van der Waals surface area contributed by atoms with Crippen LogP contribution in [0.5, 0.6) is 5.75 Å². The number of carbonyl (C=O) groups excluding carboxylic acids is 1. The highest BCUT2D eigenvalue weighted by atomic mass is 32.1. The normalized spacial score (nSPS) is 16.5. The molecule has 1 amide bonds. The van der Waals surface area contributed by atoms with Crippen LogP contribution in [0.15, 0.2) is 53.2 Å². The largest absolute Gasteiger partial charge is 0.481 e. The van der Waals surface area contributed by atoms with Crippen LogP contribution in [0, 0.1) is 5.82 Å². The third-order valence-corrected chi connectivity index (χ3v) is 6.21. The van der Waals surface area contributed by atoms with Gasteiger partial charge in [0, 0.05) is 16.3 Å². The fourth-order valence-corrected chi connectivity index (χ4v) is 4.88. The summed E-state index contributed by atoms with van der Waals surface area (Å²) in [5, 5.41) is 4.10. The van der Waals surface area contributed by atoms with Gasteiger partial charge in [-0.3, -0.25) is 4.79 Å². The molecule has 6 heteroatoms. The Kier molecular flexibility index (Phi) is 4.55. The van der Waals surface area contributed by atoms with Crippen molar-refractivity contribution in [3.05, 3.63) is 74.4 Å². The molecule has 0 radical (unpaired) electrons. The fourth-order valence-electron chi connectivity index (χ4n) is 3.12. The first-order valence-electron chi connectivity index (χ1n) is 8.00. The van der Waals surface area contributed by atoms with Crippen molar-refractivity contribution in [1.82, 2.24) is 4.90 Å². The van der Waals surface area contributed by atoms with Crippen LogP contribution < -0.4 is 4.74 Å². The molecule has 3 heterocycles. The third kappa shape index (κ3) is 3.19. The van der Waals surface area contributed by atoms with E-state index < -0.39 is 5.82 Å². The summed E-state index contributed by atoms with van der Waals surface area (Å²) in [7, 11) is 0. The summed E-state index contributed by atoms with van der Waals surface area (Å²) >= 11 is 3.38. The molecule has 2 aromatic heterocycles. The molecule has 1 aliphatic rings. The van der Waals surface area contributed by atoms with E-state index >= 15 is 0 Å². The third-order valence-electron chi connectivity index (χ3n) is 4.29. The Morgan fingerprint density at radius 3 is 2.84 bits per heavy atom. The molecule has 0 aliphatic carbocycles. The number of para-hydroxylation sites is 1. The highest BCUT2D eigenvalue weighted by molar-refractivity contribution is 7.10. The Bertz CT molecular complexity index is 875. The van der Waals surface area contributed by atoms with E-state index in [1.54, 1.807) is 34.8 Å². The molecule has 3 aromatic rings. The van der Waals surface area contributed by atoms with Gasteiger partial charge in [0.1, 0.15) is 0 Å². The smallest absolute Gasteiger partial charge is 0.261 e. The van der Waals surface area contributed by atoms with Crippen molar-refractivity contribution in [1.29, 1.82) is 0 Å². The highest BCUT2D eigenvalue weighted by Crippen LogP contribution is 2.39. The summed E-state index contributed by atoms with van der Waals surface area (Å²) < 4.78 is 19.1. The Morgan fingerprint density at radius 1 is 1.16 bits per heavy atom. The second kappa shape index (κ2) is 6.98. The SMILES string of the molecule is O=C(COc1ccccc1F)N1CCc2sccc2[C@H]1c1cccs1. The van der Waals surface area contributed by atoms with Gasteiger partial charge in [-0.05, 0) is 47.0 Å². The predicted octanol–water partition coefficient (Wildman–Crippen LogP) is 4.50. The quantitative estimate of drug-likeness (QED) is 0.674. The molecular weight excluding hydrogens is 357 g/mol. The maximum atomic E-state index is 13.7. The monoisotopic (exact) mass is 373 g/mol. The van der Waals surface area contributed by atoms with Gasteiger partial charge in [0.2, 0.25) is 0 Å². The topological polar surface area (TPSA) is 29.5 Å².